The molecule has 1 aromatic carbocycles. The first-order chi connectivity index (χ1) is 16.6. The second kappa shape index (κ2) is 11.2. The molecule has 1 N–H and O–H groups in total. The highest BCUT2D eigenvalue weighted by atomic mass is 35.5. The zero-order chi connectivity index (χ0) is 23.5. The van der Waals surface area contributed by atoms with Gasteiger partial charge < -0.3 is 19.6 Å². The van der Waals surface area contributed by atoms with Crippen LogP contribution in [-0.2, 0) is 11.3 Å². The summed E-state index contributed by atoms with van der Waals surface area (Å²) in [7, 11) is 0. The molecule has 1 aliphatic carbocycles. The summed E-state index contributed by atoms with van der Waals surface area (Å²) in [5.41, 5.74) is 1.89. The van der Waals surface area contributed by atoms with Crippen LogP contribution >= 0.6 is 12.4 Å². The molecular weight excluding hydrogens is 468 g/mol. The lowest BCUT2D eigenvalue weighted by atomic mass is 9.86. The number of fused-ring (bicyclic) bond motifs is 1. The van der Waals surface area contributed by atoms with Gasteiger partial charge >= 0.3 is 0 Å². The molecule has 1 aliphatic heterocycles. The van der Waals surface area contributed by atoms with Crippen LogP contribution < -0.4 is 9.64 Å². The number of anilines is 1. The SMILES string of the molecule is CCOc1cccc(Cn2ncc3c(N4CCN(C(=O)C5CCC(O)CC5)CC4)ncnc32)c1.Cl. The summed E-state index contributed by atoms with van der Waals surface area (Å²) in [4.78, 5) is 26.2. The minimum Gasteiger partial charge on any atom is -0.494 e. The van der Waals surface area contributed by atoms with Crippen LogP contribution in [0.2, 0.25) is 0 Å². The predicted molar refractivity (Wildman–Crippen MR) is 136 cm³/mol. The van der Waals surface area contributed by atoms with Crippen LogP contribution in [0.1, 0.15) is 38.2 Å². The normalized spacial score (nSPS) is 20.5. The van der Waals surface area contributed by atoms with Crippen molar-refractivity contribution in [2.24, 2.45) is 5.92 Å². The Balaban J connectivity index is 0.00000289. The Labute approximate surface area is 211 Å². The van der Waals surface area contributed by atoms with Gasteiger partial charge in [-0.3, -0.25) is 4.79 Å². The van der Waals surface area contributed by atoms with Gasteiger partial charge in [0.2, 0.25) is 5.91 Å². The van der Waals surface area contributed by atoms with Crippen molar-refractivity contribution in [2.45, 2.75) is 45.3 Å². The molecule has 1 saturated heterocycles. The Morgan fingerprint density at radius 1 is 1.11 bits per heavy atom. The van der Waals surface area contributed by atoms with Crippen molar-refractivity contribution < 1.29 is 14.6 Å². The Bertz CT molecular complexity index is 1140. The number of hydrogen-bond acceptors (Lipinski definition) is 7. The molecular formula is C25H33ClN6O3. The maximum absolute atomic E-state index is 12.9. The molecule has 9 nitrogen and oxygen atoms in total. The first-order valence-electron chi connectivity index (χ1n) is 12.2. The lowest BCUT2D eigenvalue weighted by molar-refractivity contribution is -0.137. The van der Waals surface area contributed by atoms with E-state index in [0.717, 1.165) is 66.9 Å². The number of rotatable bonds is 6. The Hall–Kier alpha value is -2.91. The highest BCUT2D eigenvalue weighted by Crippen LogP contribution is 2.28. The molecule has 3 heterocycles. The minimum absolute atomic E-state index is 0. The average molecular weight is 501 g/mol. The van der Waals surface area contributed by atoms with Crippen molar-refractivity contribution in [3.63, 3.8) is 0 Å². The van der Waals surface area contributed by atoms with Crippen LogP contribution in [0.15, 0.2) is 36.8 Å². The molecule has 1 saturated carbocycles. The number of ether oxygens (including phenoxy) is 1. The summed E-state index contributed by atoms with van der Waals surface area (Å²) in [6, 6.07) is 8.03. The van der Waals surface area contributed by atoms with Crippen LogP contribution in [0.4, 0.5) is 5.82 Å². The van der Waals surface area contributed by atoms with E-state index in [-0.39, 0.29) is 30.3 Å². The van der Waals surface area contributed by atoms with Crippen molar-refractivity contribution in [1.29, 1.82) is 0 Å². The van der Waals surface area contributed by atoms with Gasteiger partial charge in [-0.05, 0) is 50.3 Å². The summed E-state index contributed by atoms with van der Waals surface area (Å²) in [5, 5.41) is 15.2. The third kappa shape index (κ3) is 5.51. The maximum Gasteiger partial charge on any atom is 0.225 e. The molecule has 0 radical (unpaired) electrons. The lowest BCUT2D eigenvalue weighted by Crippen LogP contribution is -2.51. The van der Waals surface area contributed by atoms with Crippen LogP contribution in [0.3, 0.4) is 0 Å². The lowest BCUT2D eigenvalue weighted by Gasteiger charge is -2.38. The van der Waals surface area contributed by atoms with Gasteiger partial charge in [0.25, 0.3) is 0 Å². The van der Waals surface area contributed by atoms with Crippen LogP contribution in [0.5, 0.6) is 5.75 Å². The van der Waals surface area contributed by atoms with Gasteiger partial charge in [0.05, 0.1) is 30.8 Å². The number of carbonyl (C=O) groups is 1. The van der Waals surface area contributed by atoms with E-state index in [0.29, 0.717) is 26.2 Å². The Kier molecular flexibility index (Phi) is 8.07. The monoisotopic (exact) mass is 500 g/mol. The zero-order valence-electron chi connectivity index (χ0n) is 20.0. The number of benzene rings is 1. The summed E-state index contributed by atoms with van der Waals surface area (Å²) < 4.78 is 7.51. The molecule has 2 aromatic heterocycles. The zero-order valence-corrected chi connectivity index (χ0v) is 20.9. The molecule has 5 rings (SSSR count). The van der Waals surface area contributed by atoms with Gasteiger partial charge in [0.15, 0.2) is 5.65 Å². The molecule has 2 fully saturated rings. The first kappa shape index (κ1) is 25.2. The smallest absolute Gasteiger partial charge is 0.225 e. The number of nitrogens with zero attached hydrogens (tertiary/aromatic N) is 6. The number of piperazine rings is 1. The molecule has 1 amide bonds. The standard InChI is InChI=1S/C25H32N6O3.ClH/c1-2-34-21-5-3-4-18(14-21)16-31-24-22(15-28-31)23(26-17-27-24)29-10-12-30(13-11-29)25(33)19-6-8-20(32)9-7-19;/h3-5,14-15,17,19-20,32H,2,6-13,16H2,1H3;1H. The second-order valence-electron chi connectivity index (χ2n) is 9.13. The van der Waals surface area contributed by atoms with Crippen molar-refractivity contribution in [2.75, 3.05) is 37.7 Å². The Morgan fingerprint density at radius 2 is 1.89 bits per heavy atom. The van der Waals surface area contributed by atoms with E-state index in [2.05, 4.69) is 26.0 Å². The predicted octanol–water partition coefficient (Wildman–Crippen LogP) is 2.89. The number of amides is 1. The number of carbonyl (C=O) groups excluding carboxylic acids is 1. The third-order valence-corrected chi connectivity index (χ3v) is 6.89. The van der Waals surface area contributed by atoms with Crippen LogP contribution in [0.25, 0.3) is 11.0 Å². The molecule has 0 unspecified atom stereocenters. The van der Waals surface area contributed by atoms with Crippen molar-refractivity contribution in [3.8, 4) is 5.75 Å². The van der Waals surface area contributed by atoms with E-state index in [4.69, 9.17) is 4.74 Å². The second-order valence-corrected chi connectivity index (χ2v) is 9.13. The van der Waals surface area contributed by atoms with E-state index >= 15 is 0 Å². The number of aliphatic hydroxyl groups excluding tert-OH is 1. The third-order valence-electron chi connectivity index (χ3n) is 6.89. The largest absolute Gasteiger partial charge is 0.494 e. The number of aliphatic hydroxyl groups is 1. The van der Waals surface area contributed by atoms with Gasteiger partial charge in [-0.1, -0.05) is 12.1 Å². The summed E-state index contributed by atoms with van der Waals surface area (Å²) in [6.45, 7) is 6.03. The average Bonchev–Trinajstić information content (AvgIpc) is 3.27. The van der Waals surface area contributed by atoms with Crippen molar-refractivity contribution in [1.82, 2.24) is 24.6 Å². The van der Waals surface area contributed by atoms with Crippen LogP contribution in [-0.4, -0.2) is 74.6 Å². The van der Waals surface area contributed by atoms with Gasteiger partial charge in [-0.15, -0.1) is 12.4 Å². The van der Waals surface area contributed by atoms with Gasteiger partial charge in [0, 0.05) is 32.1 Å². The topological polar surface area (TPSA) is 96.6 Å². The number of aromatic nitrogens is 4. The molecule has 2 aliphatic rings. The molecule has 3 aromatic rings. The maximum atomic E-state index is 12.9. The summed E-state index contributed by atoms with van der Waals surface area (Å²) in [5.74, 6) is 2.01. The van der Waals surface area contributed by atoms with Crippen molar-refractivity contribution >= 4 is 35.2 Å². The molecule has 0 spiro atoms. The fourth-order valence-corrected chi connectivity index (χ4v) is 5.04. The first-order valence-corrected chi connectivity index (χ1v) is 12.2. The Morgan fingerprint density at radius 3 is 2.63 bits per heavy atom. The fraction of sp³-hybridized carbons (Fsp3) is 0.520. The van der Waals surface area contributed by atoms with E-state index in [1.165, 1.54) is 0 Å². The molecule has 10 heteroatoms. The van der Waals surface area contributed by atoms with E-state index in [9.17, 15) is 9.90 Å². The number of halogens is 1. The van der Waals surface area contributed by atoms with E-state index in [1.807, 2.05) is 40.9 Å². The van der Waals surface area contributed by atoms with Crippen LogP contribution in [0, 0.1) is 5.92 Å². The molecule has 35 heavy (non-hydrogen) atoms. The molecule has 188 valence electrons. The fourth-order valence-electron chi connectivity index (χ4n) is 5.04. The quantitative estimate of drug-likeness (QED) is 0.555. The minimum atomic E-state index is -0.240. The highest BCUT2D eigenvalue weighted by Gasteiger charge is 2.31. The molecule has 0 bridgehead atoms. The van der Waals surface area contributed by atoms with E-state index in [1.54, 1.807) is 6.33 Å². The number of hydrogen-bond donors (Lipinski definition) is 1. The van der Waals surface area contributed by atoms with Crippen molar-refractivity contribution in [3.05, 3.63) is 42.4 Å². The van der Waals surface area contributed by atoms with Gasteiger partial charge in [-0.2, -0.15) is 5.10 Å². The molecule has 0 atom stereocenters. The van der Waals surface area contributed by atoms with E-state index < -0.39 is 0 Å². The highest BCUT2D eigenvalue weighted by molar-refractivity contribution is 5.87. The van der Waals surface area contributed by atoms with Gasteiger partial charge in [0.1, 0.15) is 17.9 Å². The van der Waals surface area contributed by atoms with Gasteiger partial charge in [-0.25, -0.2) is 14.6 Å². The summed E-state index contributed by atoms with van der Waals surface area (Å²) in [6.07, 6.45) is 6.23. The summed E-state index contributed by atoms with van der Waals surface area (Å²) >= 11 is 0.